The summed E-state index contributed by atoms with van der Waals surface area (Å²) < 4.78 is 0. The first-order valence-corrected chi connectivity index (χ1v) is 7.15. The van der Waals surface area contributed by atoms with Crippen molar-refractivity contribution >= 4 is 0 Å². The minimum absolute atomic E-state index is 0.0661. The first-order valence-electron chi connectivity index (χ1n) is 7.15. The summed E-state index contributed by atoms with van der Waals surface area (Å²) in [5, 5.41) is 20.7. The van der Waals surface area contributed by atoms with Crippen molar-refractivity contribution in [1.29, 1.82) is 0 Å². The van der Waals surface area contributed by atoms with Crippen molar-refractivity contribution in [3.05, 3.63) is 0 Å². The highest BCUT2D eigenvalue weighted by Crippen LogP contribution is 2.37. The van der Waals surface area contributed by atoms with Crippen molar-refractivity contribution in [2.24, 2.45) is 10.8 Å². The van der Waals surface area contributed by atoms with E-state index >= 15 is 0 Å². The van der Waals surface area contributed by atoms with Crippen molar-refractivity contribution in [1.82, 2.24) is 0 Å². The molecule has 17 heavy (non-hydrogen) atoms. The Balaban J connectivity index is 4.62. The summed E-state index contributed by atoms with van der Waals surface area (Å²) in [6, 6.07) is 0. The van der Waals surface area contributed by atoms with E-state index in [1.54, 1.807) is 0 Å². The molecule has 2 heteroatoms. The zero-order valence-corrected chi connectivity index (χ0v) is 12.6. The smallest absolute Gasteiger partial charge is 0.0618 e. The predicted octanol–water partition coefficient (Wildman–Crippen LogP) is 3.75. The zero-order valence-electron chi connectivity index (χ0n) is 12.6. The number of hydrogen-bond acceptors (Lipinski definition) is 2. The van der Waals surface area contributed by atoms with Crippen LogP contribution in [0, 0.1) is 10.8 Å². The van der Waals surface area contributed by atoms with Crippen LogP contribution in [0.2, 0.25) is 0 Å². The third kappa shape index (κ3) is 3.96. The molecule has 0 spiro atoms. The van der Waals surface area contributed by atoms with Gasteiger partial charge in [-0.05, 0) is 36.5 Å². The standard InChI is InChI=1S/C15H32O2/c1-7-14(5,8-2)12(16)11-13(17)15(6,9-3)10-4/h12-13,16-17H,7-11H2,1-6H3. The molecule has 0 aromatic heterocycles. The summed E-state index contributed by atoms with van der Waals surface area (Å²) in [4.78, 5) is 0. The van der Waals surface area contributed by atoms with E-state index in [0.717, 1.165) is 25.7 Å². The highest BCUT2D eigenvalue weighted by molar-refractivity contribution is 4.87. The van der Waals surface area contributed by atoms with E-state index in [4.69, 9.17) is 0 Å². The Morgan fingerprint density at radius 3 is 1.12 bits per heavy atom. The average molecular weight is 244 g/mol. The van der Waals surface area contributed by atoms with Gasteiger partial charge >= 0.3 is 0 Å². The largest absolute Gasteiger partial charge is 0.392 e. The molecule has 0 fully saturated rings. The van der Waals surface area contributed by atoms with E-state index in [1.807, 2.05) is 0 Å². The molecule has 0 aromatic carbocycles. The van der Waals surface area contributed by atoms with Gasteiger partial charge in [-0.25, -0.2) is 0 Å². The molecule has 0 aromatic rings. The van der Waals surface area contributed by atoms with Crippen LogP contribution in [0.25, 0.3) is 0 Å². The van der Waals surface area contributed by atoms with Crippen molar-refractivity contribution in [2.75, 3.05) is 0 Å². The molecule has 2 unspecified atom stereocenters. The highest BCUT2D eigenvalue weighted by Gasteiger charge is 2.36. The molecule has 0 saturated carbocycles. The normalized spacial score (nSPS) is 16.9. The summed E-state index contributed by atoms with van der Waals surface area (Å²) in [7, 11) is 0. The van der Waals surface area contributed by atoms with Gasteiger partial charge in [0, 0.05) is 6.42 Å². The van der Waals surface area contributed by atoms with Gasteiger partial charge in [0.2, 0.25) is 0 Å². The van der Waals surface area contributed by atoms with Crippen molar-refractivity contribution in [3.63, 3.8) is 0 Å². The van der Waals surface area contributed by atoms with Crippen molar-refractivity contribution in [2.45, 2.75) is 85.9 Å². The second-order valence-electron chi connectivity index (χ2n) is 5.99. The molecule has 104 valence electrons. The second kappa shape index (κ2) is 6.75. The Labute approximate surface area is 107 Å². The van der Waals surface area contributed by atoms with E-state index in [0.29, 0.717) is 6.42 Å². The molecular formula is C15H32O2. The number of aliphatic hydroxyl groups excluding tert-OH is 2. The molecule has 0 aliphatic carbocycles. The Morgan fingerprint density at radius 1 is 0.706 bits per heavy atom. The second-order valence-corrected chi connectivity index (χ2v) is 5.99. The van der Waals surface area contributed by atoms with Crippen LogP contribution < -0.4 is 0 Å². The lowest BCUT2D eigenvalue weighted by Crippen LogP contribution is -2.40. The van der Waals surface area contributed by atoms with E-state index in [9.17, 15) is 10.2 Å². The maximum atomic E-state index is 10.3. The van der Waals surface area contributed by atoms with Crippen molar-refractivity contribution < 1.29 is 10.2 Å². The third-order valence-electron chi connectivity index (χ3n) is 5.29. The molecule has 2 atom stereocenters. The topological polar surface area (TPSA) is 40.5 Å². The quantitative estimate of drug-likeness (QED) is 0.682. The molecule has 0 amide bonds. The molecule has 0 radical (unpaired) electrons. The van der Waals surface area contributed by atoms with Gasteiger partial charge in [0.1, 0.15) is 0 Å². The summed E-state index contributed by atoms with van der Waals surface area (Å²) in [5.74, 6) is 0. The minimum Gasteiger partial charge on any atom is -0.392 e. The zero-order chi connectivity index (χ0) is 13.7. The molecule has 2 N–H and O–H groups in total. The van der Waals surface area contributed by atoms with Gasteiger partial charge in [0.05, 0.1) is 12.2 Å². The van der Waals surface area contributed by atoms with Crippen LogP contribution in [0.5, 0.6) is 0 Å². The van der Waals surface area contributed by atoms with Gasteiger partial charge in [-0.3, -0.25) is 0 Å². The Bertz CT molecular complexity index is 183. The third-order valence-corrected chi connectivity index (χ3v) is 5.29. The van der Waals surface area contributed by atoms with Gasteiger partial charge in [0.25, 0.3) is 0 Å². The van der Waals surface area contributed by atoms with Gasteiger partial charge in [-0.15, -0.1) is 0 Å². The minimum atomic E-state index is -0.412. The summed E-state index contributed by atoms with van der Waals surface area (Å²) >= 11 is 0. The first kappa shape index (κ1) is 16.9. The van der Waals surface area contributed by atoms with Crippen LogP contribution in [0.4, 0.5) is 0 Å². The molecule has 0 bridgehead atoms. The van der Waals surface area contributed by atoms with Gasteiger partial charge in [-0.2, -0.15) is 0 Å². The van der Waals surface area contributed by atoms with Crippen molar-refractivity contribution in [3.8, 4) is 0 Å². The summed E-state index contributed by atoms with van der Waals surface area (Å²) in [6.07, 6.45) is 3.48. The first-order chi connectivity index (χ1) is 7.79. The fourth-order valence-electron chi connectivity index (χ4n) is 2.22. The average Bonchev–Trinajstić information content (AvgIpc) is 2.36. The van der Waals surface area contributed by atoms with E-state index < -0.39 is 12.2 Å². The Hall–Kier alpha value is -0.0800. The van der Waals surface area contributed by atoms with Crippen LogP contribution in [-0.2, 0) is 0 Å². The van der Waals surface area contributed by atoms with Crippen LogP contribution >= 0.6 is 0 Å². The summed E-state index contributed by atoms with van der Waals surface area (Å²) in [5.41, 5.74) is -0.132. The highest BCUT2D eigenvalue weighted by atomic mass is 16.3. The maximum Gasteiger partial charge on any atom is 0.0618 e. The van der Waals surface area contributed by atoms with E-state index in [2.05, 4.69) is 41.5 Å². The van der Waals surface area contributed by atoms with E-state index in [-0.39, 0.29) is 10.8 Å². The van der Waals surface area contributed by atoms with Gasteiger partial charge in [-0.1, -0.05) is 41.5 Å². The molecule has 0 aliphatic heterocycles. The molecular weight excluding hydrogens is 212 g/mol. The SMILES string of the molecule is CCC(C)(CC)C(O)CC(O)C(C)(CC)CC. The number of aliphatic hydroxyl groups is 2. The maximum absolute atomic E-state index is 10.3. The van der Waals surface area contributed by atoms with E-state index in [1.165, 1.54) is 0 Å². The number of hydrogen-bond donors (Lipinski definition) is 2. The summed E-state index contributed by atoms with van der Waals surface area (Å²) in [6.45, 7) is 12.7. The predicted molar refractivity (Wildman–Crippen MR) is 74.0 cm³/mol. The fourth-order valence-corrected chi connectivity index (χ4v) is 2.22. The molecule has 0 heterocycles. The fraction of sp³-hybridized carbons (Fsp3) is 1.00. The monoisotopic (exact) mass is 244 g/mol. The van der Waals surface area contributed by atoms with Crippen LogP contribution in [0.15, 0.2) is 0 Å². The van der Waals surface area contributed by atoms with Crippen LogP contribution in [-0.4, -0.2) is 22.4 Å². The lowest BCUT2D eigenvalue weighted by molar-refractivity contribution is -0.0500. The lowest BCUT2D eigenvalue weighted by Gasteiger charge is -2.39. The molecule has 0 saturated heterocycles. The Morgan fingerprint density at radius 2 is 0.941 bits per heavy atom. The van der Waals surface area contributed by atoms with Crippen LogP contribution in [0.3, 0.4) is 0 Å². The number of rotatable bonds is 8. The van der Waals surface area contributed by atoms with Crippen LogP contribution in [0.1, 0.15) is 73.6 Å². The Kier molecular flexibility index (Phi) is 6.71. The molecule has 0 aliphatic rings. The molecule has 2 nitrogen and oxygen atoms in total. The lowest BCUT2D eigenvalue weighted by atomic mass is 9.71. The van der Waals surface area contributed by atoms with Gasteiger partial charge < -0.3 is 10.2 Å². The molecule has 0 rings (SSSR count). The van der Waals surface area contributed by atoms with Gasteiger partial charge in [0.15, 0.2) is 0 Å².